The Morgan fingerprint density at radius 1 is 1.33 bits per heavy atom. The van der Waals surface area contributed by atoms with Gasteiger partial charge in [-0.15, -0.1) is 0 Å². The van der Waals surface area contributed by atoms with Crippen molar-refractivity contribution in [2.75, 3.05) is 6.61 Å². The summed E-state index contributed by atoms with van der Waals surface area (Å²) in [4.78, 5) is 15.5. The molecular formula is C14H16N2O2. The van der Waals surface area contributed by atoms with E-state index in [9.17, 15) is 4.79 Å². The van der Waals surface area contributed by atoms with E-state index in [-0.39, 0.29) is 5.91 Å². The second-order valence-corrected chi connectivity index (χ2v) is 4.18. The van der Waals surface area contributed by atoms with Crippen LogP contribution in [-0.2, 0) is 0 Å². The lowest BCUT2D eigenvalue weighted by molar-refractivity contribution is 0.0880. The van der Waals surface area contributed by atoms with Crippen LogP contribution in [0.2, 0.25) is 0 Å². The van der Waals surface area contributed by atoms with Gasteiger partial charge in [0.15, 0.2) is 0 Å². The number of nitrogens with zero attached hydrogens (tertiary/aromatic N) is 2. The minimum absolute atomic E-state index is 0.0151. The van der Waals surface area contributed by atoms with E-state index in [4.69, 9.17) is 4.74 Å². The van der Waals surface area contributed by atoms with E-state index in [0.29, 0.717) is 13.0 Å². The number of hydrogen-bond acceptors (Lipinski definition) is 3. The van der Waals surface area contributed by atoms with E-state index < -0.39 is 0 Å². The van der Waals surface area contributed by atoms with Crippen LogP contribution in [0.5, 0.6) is 5.75 Å². The zero-order chi connectivity index (χ0) is 13.0. The number of benzene rings is 1. The first-order valence-corrected chi connectivity index (χ1v) is 5.88. The van der Waals surface area contributed by atoms with Crippen molar-refractivity contribution in [1.82, 2.24) is 9.55 Å². The van der Waals surface area contributed by atoms with E-state index in [1.54, 1.807) is 12.4 Å². The summed E-state index contributed by atoms with van der Waals surface area (Å²) in [6.45, 7) is 4.38. The molecule has 0 spiro atoms. The molecular weight excluding hydrogens is 228 g/mol. The minimum Gasteiger partial charge on any atom is -0.493 e. The predicted octanol–water partition coefficient (Wildman–Crippen LogP) is 2.61. The van der Waals surface area contributed by atoms with Crippen molar-refractivity contribution in [2.24, 2.45) is 0 Å². The number of rotatable bonds is 4. The van der Waals surface area contributed by atoms with Crippen molar-refractivity contribution >= 4 is 5.91 Å². The summed E-state index contributed by atoms with van der Waals surface area (Å²) in [6, 6.07) is 5.99. The third-order valence-electron chi connectivity index (χ3n) is 2.76. The molecule has 0 bridgehead atoms. The molecule has 18 heavy (non-hydrogen) atoms. The van der Waals surface area contributed by atoms with Gasteiger partial charge in [-0.05, 0) is 25.0 Å². The zero-order valence-corrected chi connectivity index (χ0v) is 10.6. The Kier molecular flexibility index (Phi) is 3.77. The molecule has 0 aliphatic heterocycles. The average Bonchev–Trinajstić information content (AvgIpc) is 2.86. The van der Waals surface area contributed by atoms with Gasteiger partial charge in [0.25, 0.3) is 0 Å². The van der Waals surface area contributed by atoms with E-state index >= 15 is 0 Å². The van der Waals surface area contributed by atoms with Crippen LogP contribution >= 0.6 is 0 Å². The van der Waals surface area contributed by atoms with Crippen LogP contribution in [0.15, 0.2) is 36.9 Å². The molecule has 0 fully saturated rings. The normalized spacial score (nSPS) is 10.3. The van der Waals surface area contributed by atoms with Crippen molar-refractivity contribution < 1.29 is 9.53 Å². The molecule has 1 aromatic carbocycles. The van der Waals surface area contributed by atoms with Crippen molar-refractivity contribution in [1.29, 1.82) is 0 Å². The lowest BCUT2D eigenvalue weighted by atomic mass is 10.1. The second-order valence-electron chi connectivity index (χ2n) is 4.18. The molecule has 0 saturated carbocycles. The van der Waals surface area contributed by atoms with E-state index in [1.807, 2.05) is 32.0 Å². The third kappa shape index (κ3) is 2.77. The van der Waals surface area contributed by atoms with E-state index in [2.05, 4.69) is 4.98 Å². The number of imidazole rings is 1. The van der Waals surface area contributed by atoms with Gasteiger partial charge in [0.1, 0.15) is 12.1 Å². The highest BCUT2D eigenvalue weighted by Crippen LogP contribution is 2.22. The Labute approximate surface area is 106 Å². The lowest BCUT2D eigenvalue weighted by Crippen LogP contribution is -2.13. The summed E-state index contributed by atoms with van der Waals surface area (Å²) >= 11 is 0. The van der Waals surface area contributed by atoms with Gasteiger partial charge < -0.3 is 4.74 Å². The number of hydrogen-bond donors (Lipinski definition) is 0. The second kappa shape index (κ2) is 5.49. The summed E-state index contributed by atoms with van der Waals surface area (Å²) < 4.78 is 7.15. The summed E-state index contributed by atoms with van der Waals surface area (Å²) in [5.74, 6) is 0.856. The summed E-state index contributed by atoms with van der Waals surface area (Å²) in [6.07, 6.45) is 5.07. The molecule has 0 unspecified atom stereocenters. The first kappa shape index (κ1) is 12.4. The van der Waals surface area contributed by atoms with Crippen molar-refractivity contribution in [3.8, 4) is 5.75 Å². The number of ether oxygens (including phenoxy) is 1. The van der Waals surface area contributed by atoms with Crippen LogP contribution in [0.1, 0.15) is 22.3 Å². The van der Waals surface area contributed by atoms with Crippen LogP contribution < -0.4 is 4.74 Å². The quantitative estimate of drug-likeness (QED) is 0.830. The molecule has 4 nitrogen and oxygen atoms in total. The number of aryl methyl sites for hydroxylation is 2. The third-order valence-corrected chi connectivity index (χ3v) is 2.76. The first-order valence-electron chi connectivity index (χ1n) is 5.88. The number of carbonyl (C=O) groups excluding carboxylic acids is 1. The van der Waals surface area contributed by atoms with Gasteiger partial charge in [-0.25, -0.2) is 4.98 Å². The molecule has 0 amide bonds. The Hall–Kier alpha value is -2.10. The predicted molar refractivity (Wildman–Crippen MR) is 68.9 cm³/mol. The van der Waals surface area contributed by atoms with Crippen LogP contribution in [0.4, 0.5) is 0 Å². The first-order chi connectivity index (χ1) is 8.68. The highest BCUT2D eigenvalue weighted by molar-refractivity contribution is 5.78. The maximum Gasteiger partial charge on any atom is 0.235 e. The minimum atomic E-state index is -0.0151. The van der Waals surface area contributed by atoms with E-state index in [1.165, 1.54) is 10.9 Å². The maximum atomic E-state index is 11.7. The highest BCUT2D eigenvalue weighted by Gasteiger charge is 2.06. The number of aromatic nitrogens is 2. The Bertz CT molecular complexity index is 512. The average molecular weight is 244 g/mol. The van der Waals surface area contributed by atoms with Crippen LogP contribution in [-0.4, -0.2) is 22.1 Å². The highest BCUT2D eigenvalue weighted by atomic mass is 16.5. The smallest absolute Gasteiger partial charge is 0.235 e. The van der Waals surface area contributed by atoms with Gasteiger partial charge in [0, 0.05) is 12.4 Å². The molecule has 2 aromatic rings. The summed E-state index contributed by atoms with van der Waals surface area (Å²) in [7, 11) is 0. The molecule has 4 heteroatoms. The van der Waals surface area contributed by atoms with Gasteiger partial charge in [-0.1, -0.05) is 18.2 Å². The van der Waals surface area contributed by atoms with Gasteiger partial charge in [-0.2, -0.15) is 0 Å². The zero-order valence-electron chi connectivity index (χ0n) is 10.6. The molecule has 1 heterocycles. The van der Waals surface area contributed by atoms with Crippen molar-refractivity contribution in [3.63, 3.8) is 0 Å². The van der Waals surface area contributed by atoms with Crippen molar-refractivity contribution in [3.05, 3.63) is 48.0 Å². The fourth-order valence-electron chi connectivity index (χ4n) is 1.80. The standard InChI is InChI=1S/C14H16N2O2/c1-11-4-3-5-12(2)14(11)18-9-6-13(17)16-8-7-15-10-16/h3-5,7-8,10H,6,9H2,1-2H3. The monoisotopic (exact) mass is 244 g/mol. The van der Waals surface area contributed by atoms with Gasteiger partial charge in [-0.3, -0.25) is 9.36 Å². The fourth-order valence-corrected chi connectivity index (χ4v) is 1.80. The van der Waals surface area contributed by atoms with Gasteiger partial charge in [0.2, 0.25) is 5.91 Å². The summed E-state index contributed by atoms with van der Waals surface area (Å²) in [5.41, 5.74) is 2.18. The Morgan fingerprint density at radius 3 is 2.67 bits per heavy atom. The molecule has 0 aliphatic rings. The lowest BCUT2D eigenvalue weighted by Gasteiger charge is -2.11. The Morgan fingerprint density at radius 2 is 2.06 bits per heavy atom. The molecule has 0 saturated heterocycles. The largest absolute Gasteiger partial charge is 0.493 e. The SMILES string of the molecule is Cc1cccc(C)c1OCCC(=O)n1ccnc1. The molecule has 94 valence electrons. The topological polar surface area (TPSA) is 44.1 Å². The fraction of sp³-hybridized carbons (Fsp3) is 0.286. The maximum absolute atomic E-state index is 11.7. The van der Waals surface area contributed by atoms with Gasteiger partial charge >= 0.3 is 0 Å². The summed E-state index contributed by atoms with van der Waals surface area (Å²) in [5, 5.41) is 0. The number of carbonyl (C=O) groups is 1. The Balaban J connectivity index is 1.91. The van der Waals surface area contributed by atoms with Gasteiger partial charge in [0.05, 0.1) is 13.0 Å². The molecule has 2 rings (SSSR count). The molecule has 1 aromatic heterocycles. The molecule has 0 atom stereocenters. The number of para-hydroxylation sites is 1. The molecule has 0 N–H and O–H groups in total. The molecule has 0 aliphatic carbocycles. The van der Waals surface area contributed by atoms with Crippen LogP contribution in [0.3, 0.4) is 0 Å². The van der Waals surface area contributed by atoms with Crippen molar-refractivity contribution in [2.45, 2.75) is 20.3 Å². The van der Waals surface area contributed by atoms with E-state index in [0.717, 1.165) is 16.9 Å². The van der Waals surface area contributed by atoms with Crippen LogP contribution in [0.25, 0.3) is 0 Å². The molecule has 0 radical (unpaired) electrons. The van der Waals surface area contributed by atoms with Crippen LogP contribution in [0, 0.1) is 13.8 Å².